The number of nitrogens with zero attached hydrogens (tertiary/aromatic N) is 1. The van der Waals surface area contributed by atoms with Gasteiger partial charge in [-0.2, -0.15) is 4.31 Å². The largest absolute Gasteiger partial charge is 0.379 e. The zero-order valence-corrected chi connectivity index (χ0v) is 18.8. The lowest BCUT2D eigenvalue weighted by Crippen LogP contribution is -2.45. The number of sulfonamides is 1. The lowest BCUT2D eigenvalue weighted by molar-refractivity contribution is 0.0730. The molecule has 162 valence electrons. The van der Waals surface area contributed by atoms with E-state index in [0.717, 1.165) is 5.56 Å². The maximum Gasteiger partial charge on any atom is 0.252 e. The minimum atomic E-state index is -3.67. The summed E-state index contributed by atoms with van der Waals surface area (Å²) in [6.45, 7) is 5.38. The molecular weight excluding hydrogens is 424 g/mol. The van der Waals surface area contributed by atoms with E-state index in [4.69, 9.17) is 16.3 Å². The first-order valence-electron chi connectivity index (χ1n) is 10.1. The molecule has 1 heterocycles. The molecule has 1 amide bonds. The van der Waals surface area contributed by atoms with E-state index in [1.807, 2.05) is 26.0 Å². The number of halogens is 1. The molecule has 2 aromatic carbocycles. The molecule has 0 aliphatic carbocycles. The van der Waals surface area contributed by atoms with Crippen LogP contribution in [0.4, 0.5) is 0 Å². The van der Waals surface area contributed by atoms with E-state index in [9.17, 15) is 13.2 Å². The van der Waals surface area contributed by atoms with Crippen molar-refractivity contribution < 1.29 is 17.9 Å². The standard InChI is InChI=1S/C22H27ClN2O4S/c1-3-22(4-2,18-8-10-19(23)11-9-18)24-21(26)17-6-5-7-20(16-17)30(27,28)25-12-14-29-15-13-25/h5-11,16H,3-4,12-15H2,1-2H3,(H,24,26). The van der Waals surface area contributed by atoms with Gasteiger partial charge < -0.3 is 10.1 Å². The lowest BCUT2D eigenvalue weighted by Gasteiger charge is -2.34. The van der Waals surface area contributed by atoms with Gasteiger partial charge in [0.05, 0.1) is 23.6 Å². The van der Waals surface area contributed by atoms with Gasteiger partial charge in [0.25, 0.3) is 5.91 Å². The summed E-state index contributed by atoms with van der Waals surface area (Å²) >= 11 is 6.02. The predicted molar refractivity (Wildman–Crippen MR) is 117 cm³/mol. The maximum atomic E-state index is 13.1. The molecule has 1 aliphatic heterocycles. The summed E-state index contributed by atoms with van der Waals surface area (Å²) in [6, 6.07) is 13.6. The Morgan fingerprint density at radius 3 is 2.33 bits per heavy atom. The molecule has 30 heavy (non-hydrogen) atoms. The number of morpholine rings is 1. The molecule has 1 fully saturated rings. The Bertz CT molecular complexity index is 982. The predicted octanol–water partition coefficient (Wildman–Crippen LogP) is 3.81. The van der Waals surface area contributed by atoms with E-state index in [1.165, 1.54) is 16.4 Å². The Hall–Kier alpha value is -1.93. The summed E-state index contributed by atoms with van der Waals surface area (Å²) in [5.41, 5.74) is 0.702. The quantitative estimate of drug-likeness (QED) is 0.696. The van der Waals surface area contributed by atoms with Crippen molar-refractivity contribution in [3.63, 3.8) is 0 Å². The molecule has 1 N–H and O–H groups in total. The van der Waals surface area contributed by atoms with Crippen molar-refractivity contribution in [3.05, 3.63) is 64.7 Å². The first kappa shape index (κ1) is 22.7. The van der Waals surface area contributed by atoms with E-state index < -0.39 is 15.6 Å². The zero-order valence-electron chi connectivity index (χ0n) is 17.2. The number of carbonyl (C=O) groups is 1. The van der Waals surface area contributed by atoms with Gasteiger partial charge in [0, 0.05) is 23.7 Å². The number of ether oxygens (including phenoxy) is 1. The van der Waals surface area contributed by atoms with Crippen LogP contribution in [0.1, 0.15) is 42.6 Å². The summed E-state index contributed by atoms with van der Waals surface area (Å²) in [6.07, 6.45) is 1.37. The van der Waals surface area contributed by atoms with Crippen LogP contribution in [0.3, 0.4) is 0 Å². The molecule has 0 unspecified atom stereocenters. The fourth-order valence-electron chi connectivity index (χ4n) is 3.70. The highest BCUT2D eigenvalue weighted by molar-refractivity contribution is 7.89. The van der Waals surface area contributed by atoms with Crippen LogP contribution in [0.25, 0.3) is 0 Å². The van der Waals surface area contributed by atoms with Gasteiger partial charge >= 0.3 is 0 Å². The normalized spacial score (nSPS) is 15.7. The van der Waals surface area contributed by atoms with Gasteiger partial charge in [0.1, 0.15) is 0 Å². The summed E-state index contributed by atoms with van der Waals surface area (Å²) in [7, 11) is -3.67. The lowest BCUT2D eigenvalue weighted by atomic mass is 9.84. The van der Waals surface area contributed by atoms with E-state index in [2.05, 4.69) is 5.32 Å². The maximum absolute atomic E-state index is 13.1. The molecule has 1 saturated heterocycles. The van der Waals surface area contributed by atoms with Crippen molar-refractivity contribution >= 4 is 27.5 Å². The first-order valence-corrected chi connectivity index (χ1v) is 11.9. The number of amides is 1. The molecule has 1 aliphatic rings. The van der Waals surface area contributed by atoms with Crippen LogP contribution in [-0.4, -0.2) is 44.9 Å². The van der Waals surface area contributed by atoms with Gasteiger partial charge in [-0.1, -0.05) is 43.6 Å². The summed E-state index contributed by atoms with van der Waals surface area (Å²) in [5, 5.41) is 3.76. The van der Waals surface area contributed by atoms with Crippen LogP contribution in [0.15, 0.2) is 53.4 Å². The Kier molecular flexibility index (Phi) is 7.18. The smallest absolute Gasteiger partial charge is 0.252 e. The molecule has 0 saturated carbocycles. The van der Waals surface area contributed by atoms with E-state index >= 15 is 0 Å². The van der Waals surface area contributed by atoms with E-state index in [0.29, 0.717) is 49.7 Å². The van der Waals surface area contributed by atoms with Crippen LogP contribution < -0.4 is 5.32 Å². The fourth-order valence-corrected chi connectivity index (χ4v) is 5.28. The fraction of sp³-hybridized carbons (Fsp3) is 0.409. The van der Waals surface area contributed by atoms with E-state index in [1.54, 1.807) is 24.3 Å². The molecule has 0 spiro atoms. The van der Waals surface area contributed by atoms with Crippen molar-refractivity contribution in [1.82, 2.24) is 9.62 Å². The van der Waals surface area contributed by atoms with Crippen LogP contribution >= 0.6 is 11.6 Å². The Labute approximate surface area is 183 Å². The molecule has 0 atom stereocenters. The zero-order chi connectivity index (χ0) is 21.8. The minimum Gasteiger partial charge on any atom is -0.379 e. The molecule has 0 radical (unpaired) electrons. The second-order valence-electron chi connectivity index (χ2n) is 7.29. The highest BCUT2D eigenvalue weighted by atomic mass is 35.5. The Morgan fingerprint density at radius 1 is 1.10 bits per heavy atom. The molecule has 8 heteroatoms. The highest BCUT2D eigenvalue weighted by Gasteiger charge is 2.31. The number of carbonyl (C=O) groups excluding carboxylic acids is 1. The van der Waals surface area contributed by atoms with Gasteiger partial charge in [-0.25, -0.2) is 8.42 Å². The minimum absolute atomic E-state index is 0.113. The average molecular weight is 451 g/mol. The topological polar surface area (TPSA) is 75.7 Å². The number of rotatable bonds is 7. The van der Waals surface area contributed by atoms with Crippen molar-refractivity contribution in [2.75, 3.05) is 26.3 Å². The Balaban J connectivity index is 1.87. The van der Waals surface area contributed by atoms with Gasteiger partial charge in [0.2, 0.25) is 10.0 Å². The van der Waals surface area contributed by atoms with Crippen LogP contribution in [0.2, 0.25) is 5.02 Å². The van der Waals surface area contributed by atoms with Gasteiger partial charge in [0.15, 0.2) is 0 Å². The molecule has 3 rings (SSSR count). The van der Waals surface area contributed by atoms with Gasteiger partial charge in [-0.05, 0) is 48.7 Å². The number of hydrogen-bond donors (Lipinski definition) is 1. The van der Waals surface area contributed by atoms with Gasteiger partial charge in [-0.15, -0.1) is 0 Å². The monoisotopic (exact) mass is 450 g/mol. The molecular formula is C22H27ClN2O4S. The molecule has 6 nitrogen and oxygen atoms in total. The van der Waals surface area contributed by atoms with Crippen LogP contribution in [-0.2, 0) is 20.3 Å². The van der Waals surface area contributed by atoms with Crippen LogP contribution in [0.5, 0.6) is 0 Å². The molecule has 2 aromatic rings. The van der Waals surface area contributed by atoms with Crippen molar-refractivity contribution in [2.24, 2.45) is 0 Å². The first-order chi connectivity index (χ1) is 14.3. The third-order valence-corrected chi connectivity index (χ3v) is 7.81. The summed E-state index contributed by atoms with van der Waals surface area (Å²) in [4.78, 5) is 13.2. The second kappa shape index (κ2) is 9.47. The summed E-state index contributed by atoms with van der Waals surface area (Å²) < 4.78 is 32.5. The number of benzene rings is 2. The SMILES string of the molecule is CCC(CC)(NC(=O)c1cccc(S(=O)(=O)N2CCOCC2)c1)c1ccc(Cl)cc1. The van der Waals surface area contributed by atoms with Crippen molar-refractivity contribution in [3.8, 4) is 0 Å². The highest BCUT2D eigenvalue weighted by Crippen LogP contribution is 2.30. The van der Waals surface area contributed by atoms with Gasteiger partial charge in [-0.3, -0.25) is 4.79 Å². The van der Waals surface area contributed by atoms with Crippen LogP contribution in [0, 0.1) is 0 Å². The summed E-state index contributed by atoms with van der Waals surface area (Å²) in [5.74, 6) is -0.312. The Morgan fingerprint density at radius 2 is 1.73 bits per heavy atom. The third-order valence-electron chi connectivity index (χ3n) is 5.66. The van der Waals surface area contributed by atoms with Crippen molar-refractivity contribution in [1.29, 1.82) is 0 Å². The average Bonchev–Trinajstić information content (AvgIpc) is 2.78. The van der Waals surface area contributed by atoms with E-state index in [-0.39, 0.29) is 10.8 Å². The number of nitrogens with one attached hydrogen (secondary N) is 1. The van der Waals surface area contributed by atoms with Crippen molar-refractivity contribution in [2.45, 2.75) is 37.1 Å². The number of hydrogen-bond acceptors (Lipinski definition) is 4. The molecule has 0 aromatic heterocycles. The second-order valence-corrected chi connectivity index (χ2v) is 9.67. The molecule has 0 bridgehead atoms. The third kappa shape index (κ3) is 4.70.